The minimum absolute atomic E-state index is 0.0936. The Balaban J connectivity index is 2.06. The molecule has 3 amide bonds. The quantitative estimate of drug-likeness (QED) is 0.721. The molecular weight excluding hydrogens is 350 g/mol. The van der Waals surface area contributed by atoms with Crippen LogP contribution in [0.5, 0.6) is 5.75 Å². The molecule has 0 radical (unpaired) electrons. The van der Waals surface area contributed by atoms with Gasteiger partial charge in [0.25, 0.3) is 5.91 Å². The van der Waals surface area contributed by atoms with Gasteiger partial charge in [0, 0.05) is 12.1 Å². The van der Waals surface area contributed by atoms with E-state index in [1.165, 1.54) is 4.90 Å². The van der Waals surface area contributed by atoms with Crippen molar-refractivity contribution >= 4 is 17.7 Å². The van der Waals surface area contributed by atoms with Crippen molar-refractivity contribution in [3.63, 3.8) is 0 Å². The summed E-state index contributed by atoms with van der Waals surface area (Å²) in [6, 6.07) is 6.02. The van der Waals surface area contributed by atoms with Crippen molar-refractivity contribution in [1.29, 1.82) is 0 Å². The van der Waals surface area contributed by atoms with E-state index >= 15 is 0 Å². The fraction of sp³-hybridized carbons (Fsp3) is 0.526. The van der Waals surface area contributed by atoms with Crippen molar-refractivity contribution in [3.05, 3.63) is 29.8 Å². The number of morpholine rings is 1. The number of hydrogen-bond acceptors (Lipinski definition) is 5. The standard InChI is InChI=1S/C19H27N3O5/c1-4-26-14-7-5-13(6-8-14)18(24)21-16(12(2)3)19(25)22-9-10-27-15(11-22)17(20)23/h5-8,12,15-16H,4,9-11H2,1-3H3,(H2,20,23)(H,21,24). The first kappa shape index (κ1) is 20.7. The summed E-state index contributed by atoms with van der Waals surface area (Å²) < 4.78 is 10.6. The maximum atomic E-state index is 12.9. The summed E-state index contributed by atoms with van der Waals surface area (Å²) in [6.45, 7) is 6.81. The summed E-state index contributed by atoms with van der Waals surface area (Å²) in [5.74, 6) is -0.647. The highest BCUT2D eigenvalue weighted by molar-refractivity contribution is 5.97. The number of nitrogens with two attached hydrogens (primary N) is 1. The van der Waals surface area contributed by atoms with Crippen molar-refractivity contribution in [1.82, 2.24) is 10.2 Å². The van der Waals surface area contributed by atoms with Crippen LogP contribution in [0.2, 0.25) is 0 Å². The molecule has 1 aromatic carbocycles. The number of nitrogens with one attached hydrogen (secondary N) is 1. The number of hydrogen-bond donors (Lipinski definition) is 2. The van der Waals surface area contributed by atoms with E-state index in [4.69, 9.17) is 15.2 Å². The summed E-state index contributed by atoms with van der Waals surface area (Å²) in [7, 11) is 0. The number of amides is 3. The third kappa shape index (κ3) is 5.43. The van der Waals surface area contributed by atoms with E-state index in [2.05, 4.69) is 5.32 Å². The minimum atomic E-state index is -0.822. The molecule has 1 heterocycles. The van der Waals surface area contributed by atoms with E-state index in [1.54, 1.807) is 24.3 Å². The van der Waals surface area contributed by atoms with E-state index in [0.717, 1.165) is 0 Å². The smallest absolute Gasteiger partial charge is 0.251 e. The SMILES string of the molecule is CCOc1ccc(C(=O)NC(C(=O)N2CCOC(C(N)=O)C2)C(C)C)cc1. The lowest BCUT2D eigenvalue weighted by Crippen LogP contribution is -2.57. The van der Waals surface area contributed by atoms with Gasteiger partial charge in [-0.05, 0) is 37.1 Å². The van der Waals surface area contributed by atoms with Crippen LogP contribution in [-0.4, -0.2) is 61.1 Å². The van der Waals surface area contributed by atoms with Gasteiger partial charge in [0.05, 0.1) is 19.8 Å². The van der Waals surface area contributed by atoms with Gasteiger partial charge in [0.2, 0.25) is 11.8 Å². The van der Waals surface area contributed by atoms with Crippen LogP contribution in [0.1, 0.15) is 31.1 Å². The van der Waals surface area contributed by atoms with Crippen LogP contribution in [0.3, 0.4) is 0 Å². The molecule has 3 N–H and O–H groups in total. The number of primary amides is 1. The summed E-state index contributed by atoms with van der Waals surface area (Å²) >= 11 is 0. The average Bonchev–Trinajstić information content (AvgIpc) is 2.66. The number of carbonyl (C=O) groups is 3. The summed E-state index contributed by atoms with van der Waals surface area (Å²) in [4.78, 5) is 38.3. The predicted octanol–water partition coefficient (Wildman–Crippen LogP) is 0.552. The average molecular weight is 377 g/mol. The van der Waals surface area contributed by atoms with E-state index in [1.807, 2.05) is 20.8 Å². The predicted molar refractivity (Wildman–Crippen MR) is 99.2 cm³/mol. The first-order valence-corrected chi connectivity index (χ1v) is 9.07. The Morgan fingerprint density at radius 1 is 1.30 bits per heavy atom. The van der Waals surface area contributed by atoms with Crippen molar-refractivity contribution < 1.29 is 23.9 Å². The van der Waals surface area contributed by atoms with Crippen molar-refractivity contribution in [2.24, 2.45) is 11.7 Å². The third-order valence-electron chi connectivity index (χ3n) is 4.34. The number of ether oxygens (including phenoxy) is 2. The van der Waals surface area contributed by atoms with Gasteiger partial charge in [-0.3, -0.25) is 14.4 Å². The number of nitrogens with zero attached hydrogens (tertiary/aromatic N) is 1. The molecule has 2 unspecified atom stereocenters. The molecule has 0 saturated carbocycles. The molecule has 0 aromatic heterocycles. The zero-order chi connectivity index (χ0) is 20.0. The van der Waals surface area contributed by atoms with Crippen LogP contribution in [0.15, 0.2) is 24.3 Å². The second-order valence-corrected chi connectivity index (χ2v) is 6.70. The Morgan fingerprint density at radius 2 is 1.96 bits per heavy atom. The Kier molecular flexibility index (Phi) is 7.18. The fourth-order valence-electron chi connectivity index (χ4n) is 2.83. The number of rotatable bonds is 7. The van der Waals surface area contributed by atoms with E-state index in [-0.39, 0.29) is 30.9 Å². The molecule has 0 spiro atoms. The van der Waals surface area contributed by atoms with E-state index in [0.29, 0.717) is 24.5 Å². The Bertz CT molecular complexity index is 674. The molecular formula is C19H27N3O5. The van der Waals surface area contributed by atoms with Crippen molar-refractivity contribution in [2.75, 3.05) is 26.3 Å². The van der Waals surface area contributed by atoms with Gasteiger partial charge >= 0.3 is 0 Å². The van der Waals surface area contributed by atoms with Gasteiger partial charge in [-0.25, -0.2) is 0 Å². The molecule has 27 heavy (non-hydrogen) atoms. The molecule has 8 nitrogen and oxygen atoms in total. The molecule has 1 fully saturated rings. The van der Waals surface area contributed by atoms with Crippen LogP contribution >= 0.6 is 0 Å². The zero-order valence-corrected chi connectivity index (χ0v) is 15.9. The highest BCUT2D eigenvalue weighted by Crippen LogP contribution is 2.15. The normalized spacial score (nSPS) is 18.1. The lowest BCUT2D eigenvalue weighted by Gasteiger charge is -2.35. The monoisotopic (exact) mass is 377 g/mol. The molecule has 1 aliphatic heterocycles. The van der Waals surface area contributed by atoms with Crippen LogP contribution in [0.4, 0.5) is 0 Å². The maximum absolute atomic E-state index is 12.9. The largest absolute Gasteiger partial charge is 0.494 e. The Morgan fingerprint density at radius 3 is 2.52 bits per heavy atom. The first-order valence-electron chi connectivity index (χ1n) is 9.07. The zero-order valence-electron chi connectivity index (χ0n) is 15.9. The van der Waals surface area contributed by atoms with Crippen LogP contribution in [0, 0.1) is 5.92 Å². The summed E-state index contributed by atoms with van der Waals surface area (Å²) in [6.07, 6.45) is -0.822. The molecule has 1 saturated heterocycles. The summed E-state index contributed by atoms with van der Waals surface area (Å²) in [5.41, 5.74) is 5.71. The van der Waals surface area contributed by atoms with Crippen LogP contribution in [0.25, 0.3) is 0 Å². The molecule has 1 aliphatic rings. The topological polar surface area (TPSA) is 111 Å². The van der Waals surface area contributed by atoms with Crippen molar-refractivity contribution in [2.45, 2.75) is 32.9 Å². The van der Waals surface area contributed by atoms with Crippen LogP contribution < -0.4 is 15.8 Å². The Hall–Kier alpha value is -2.61. The van der Waals surface area contributed by atoms with Gasteiger partial charge < -0.3 is 25.4 Å². The van der Waals surface area contributed by atoms with Gasteiger partial charge in [0.15, 0.2) is 6.10 Å². The van der Waals surface area contributed by atoms with E-state index in [9.17, 15) is 14.4 Å². The lowest BCUT2D eigenvalue weighted by molar-refractivity contribution is -0.147. The second kappa shape index (κ2) is 9.36. The molecule has 8 heteroatoms. The fourth-order valence-corrected chi connectivity index (χ4v) is 2.83. The number of carbonyl (C=O) groups excluding carboxylic acids is 3. The molecule has 0 bridgehead atoms. The molecule has 0 aliphatic carbocycles. The number of benzene rings is 1. The first-order chi connectivity index (χ1) is 12.8. The maximum Gasteiger partial charge on any atom is 0.251 e. The van der Waals surface area contributed by atoms with Crippen molar-refractivity contribution in [3.8, 4) is 5.75 Å². The highest BCUT2D eigenvalue weighted by Gasteiger charge is 2.33. The molecule has 148 valence electrons. The van der Waals surface area contributed by atoms with Gasteiger partial charge in [-0.15, -0.1) is 0 Å². The van der Waals surface area contributed by atoms with Crippen LogP contribution in [-0.2, 0) is 14.3 Å². The minimum Gasteiger partial charge on any atom is -0.494 e. The lowest BCUT2D eigenvalue weighted by atomic mass is 10.0. The Labute approximate surface area is 159 Å². The molecule has 1 aromatic rings. The van der Waals surface area contributed by atoms with E-state index < -0.39 is 18.1 Å². The van der Waals surface area contributed by atoms with Gasteiger partial charge in [0.1, 0.15) is 11.8 Å². The summed E-state index contributed by atoms with van der Waals surface area (Å²) in [5, 5.41) is 2.80. The van der Waals surface area contributed by atoms with Gasteiger partial charge in [-0.2, -0.15) is 0 Å². The molecule has 2 rings (SSSR count). The third-order valence-corrected chi connectivity index (χ3v) is 4.34. The second-order valence-electron chi connectivity index (χ2n) is 6.70. The van der Waals surface area contributed by atoms with Gasteiger partial charge in [-0.1, -0.05) is 13.8 Å². The molecule has 2 atom stereocenters. The highest BCUT2D eigenvalue weighted by atomic mass is 16.5.